The second-order valence-electron chi connectivity index (χ2n) is 3.39. The first-order valence-corrected chi connectivity index (χ1v) is 6.33. The fraction of sp³-hybridized carbons (Fsp3) is 0.250. The van der Waals surface area contributed by atoms with E-state index in [4.69, 9.17) is 14.4 Å². The Labute approximate surface area is 109 Å². The average molecular weight is 261 g/mol. The molecule has 0 amide bonds. The molecule has 0 aliphatic carbocycles. The Morgan fingerprint density at radius 2 is 2.22 bits per heavy atom. The number of nitriles is 1. The van der Waals surface area contributed by atoms with Crippen molar-refractivity contribution >= 4 is 11.8 Å². The van der Waals surface area contributed by atoms with Crippen LogP contribution < -0.4 is 4.74 Å². The molecule has 92 valence electrons. The Morgan fingerprint density at radius 3 is 2.94 bits per heavy atom. The van der Waals surface area contributed by atoms with Crippen molar-refractivity contribution in [1.29, 1.82) is 5.26 Å². The smallest absolute Gasteiger partial charge is 0.276 e. The van der Waals surface area contributed by atoms with E-state index in [9.17, 15) is 0 Å². The van der Waals surface area contributed by atoms with Gasteiger partial charge in [0.25, 0.3) is 5.22 Å². The molecule has 0 N–H and O–H groups in total. The highest BCUT2D eigenvalue weighted by atomic mass is 32.2. The third-order valence-corrected chi connectivity index (χ3v) is 2.86. The van der Waals surface area contributed by atoms with Crippen molar-refractivity contribution in [3.63, 3.8) is 0 Å². The Hall–Kier alpha value is -2.00. The van der Waals surface area contributed by atoms with Crippen molar-refractivity contribution in [3.8, 4) is 11.8 Å². The molecule has 0 bridgehead atoms. The zero-order valence-electron chi connectivity index (χ0n) is 9.79. The van der Waals surface area contributed by atoms with E-state index >= 15 is 0 Å². The summed E-state index contributed by atoms with van der Waals surface area (Å²) in [5.41, 5.74) is 0.538. The summed E-state index contributed by atoms with van der Waals surface area (Å²) in [6, 6.07) is 9.23. The minimum Gasteiger partial charge on any atom is -0.491 e. The Bertz CT molecular complexity index is 562. The highest BCUT2D eigenvalue weighted by Crippen LogP contribution is 2.19. The lowest BCUT2D eigenvalue weighted by Crippen LogP contribution is -2.01. The van der Waals surface area contributed by atoms with E-state index in [2.05, 4.69) is 16.3 Å². The highest BCUT2D eigenvalue weighted by Gasteiger charge is 2.04. The van der Waals surface area contributed by atoms with Crippen molar-refractivity contribution in [3.05, 3.63) is 35.7 Å². The van der Waals surface area contributed by atoms with Gasteiger partial charge in [0, 0.05) is 12.7 Å². The van der Waals surface area contributed by atoms with Crippen LogP contribution in [0.15, 0.2) is 33.9 Å². The number of aryl methyl sites for hydroxylation is 1. The molecule has 2 aromatic rings. The number of nitrogens with zero attached hydrogens (tertiary/aromatic N) is 3. The predicted octanol–water partition coefficient (Wildman–Crippen LogP) is 2.42. The third kappa shape index (κ3) is 3.25. The van der Waals surface area contributed by atoms with Crippen molar-refractivity contribution in [2.75, 3.05) is 12.4 Å². The normalized spacial score (nSPS) is 10.0. The molecule has 1 aromatic heterocycles. The zero-order valence-corrected chi connectivity index (χ0v) is 10.6. The molecule has 6 heteroatoms. The monoisotopic (exact) mass is 261 g/mol. The molecule has 0 unspecified atom stereocenters. The molecule has 0 fully saturated rings. The van der Waals surface area contributed by atoms with Crippen LogP contribution in [0.3, 0.4) is 0 Å². The lowest BCUT2D eigenvalue weighted by molar-refractivity contribution is 0.342. The maximum absolute atomic E-state index is 8.89. The molecule has 0 saturated heterocycles. The van der Waals surface area contributed by atoms with Gasteiger partial charge in [-0.3, -0.25) is 0 Å². The molecule has 0 aliphatic heterocycles. The number of aromatic nitrogens is 2. The van der Waals surface area contributed by atoms with Crippen LogP contribution in [0, 0.1) is 18.3 Å². The summed E-state index contributed by atoms with van der Waals surface area (Å²) in [6.07, 6.45) is 0. The van der Waals surface area contributed by atoms with Gasteiger partial charge in [-0.1, -0.05) is 23.9 Å². The van der Waals surface area contributed by atoms with E-state index in [0.717, 1.165) is 0 Å². The van der Waals surface area contributed by atoms with Gasteiger partial charge >= 0.3 is 0 Å². The van der Waals surface area contributed by atoms with Crippen LogP contribution in [-0.2, 0) is 0 Å². The van der Waals surface area contributed by atoms with Crippen LogP contribution in [0.1, 0.15) is 11.5 Å². The molecule has 1 heterocycles. The molecule has 0 spiro atoms. The van der Waals surface area contributed by atoms with Gasteiger partial charge in [0.15, 0.2) is 0 Å². The van der Waals surface area contributed by atoms with Crippen LogP contribution in [0.2, 0.25) is 0 Å². The van der Waals surface area contributed by atoms with Crippen molar-refractivity contribution in [1.82, 2.24) is 10.2 Å². The molecule has 0 saturated carbocycles. The van der Waals surface area contributed by atoms with E-state index in [-0.39, 0.29) is 0 Å². The van der Waals surface area contributed by atoms with Gasteiger partial charge in [0.2, 0.25) is 5.89 Å². The summed E-state index contributed by atoms with van der Waals surface area (Å²) >= 11 is 1.43. The maximum atomic E-state index is 8.89. The molecule has 0 aliphatic rings. The first-order chi connectivity index (χ1) is 8.79. The molecule has 1 aromatic carbocycles. The number of benzene rings is 1. The fourth-order valence-electron chi connectivity index (χ4n) is 1.30. The number of thioether (sulfide) groups is 1. The standard InChI is InChI=1S/C12H11N3O2S/c1-9-14-15-12(17-9)18-7-6-16-11-5-3-2-4-10(11)8-13/h2-5H,6-7H2,1H3. The van der Waals surface area contributed by atoms with Gasteiger partial charge in [-0.25, -0.2) is 0 Å². The second kappa shape index (κ2) is 6.07. The Balaban J connectivity index is 1.80. The van der Waals surface area contributed by atoms with Crippen molar-refractivity contribution in [2.24, 2.45) is 0 Å². The number of para-hydroxylation sites is 1. The van der Waals surface area contributed by atoms with E-state index < -0.39 is 0 Å². The first-order valence-electron chi connectivity index (χ1n) is 5.34. The molecular formula is C12H11N3O2S. The van der Waals surface area contributed by atoms with Crippen LogP contribution in [0.5, 0.6) is 5.75 Å². The van der Waals surface area contributed by atoms with Crippen LogP contribution >= 0.6 is 11.8 Å². The van der Waals surface area contributed by atoms with E-state index in [1.165, 1.54) is 11.8 Å². The molecular weight excluding hydrogens is 250 g/mol. The van der Waals surface area contributed by atoms with Gasteiger partial charge < -0.3 is 9.15 Å². The minimum absolute atomic E-state index is 0.477. The predicted molar refractivity (Wildman–Crippen MR) is 66.4 cm³/mol. The van der Waals surface area contributed by atoms with E-state index in [0.29, 0.717) is 34.8 Å². The van der Waals surface area contributed by atoms with Crippen molar-refractivity contribution < 1.29 is 9.15 Å². The molecule has 18 heavy (non-hydrogen) atoms. The van der Waals surface area contributed by atoms with E-state index in [1.807, 2.05) is 6.07 Å². The average Bonchev–Trinajstić information content (AvgIpc) is 2.81. The van der Waals surface area contributed by atoms with Crippen LogP contribution in [-0.4, -0.2) is 22.6 Å². The highest BCUT2D eigenvalue weighted by molar-refractivity contribution is 7.99. The summed E-state index contributed by atoms with van der Waals surface area (Å²) in [4.78, 5) is 0. The largest absolute Gasteiger partial charge is 0.491 e. The first kappa shape index (κ1) is 12.5. The zero-order chi connectivity index (χ0) is 12.8. The topological polar surface area (TPSA) is 71.9 Å². The van der Waals surface area contributed by atoms with Crippen LogP contribution in [0.4, 0.5) is 0 Å². The fourth-order valence-corrected chi connectivity index (χ4v) is 1.92. The van der Waals surface area contributed by atoms with Crippen molar-refractivity contribution in [2.45, 2.75) is 12.1 Å². The molecule has 2 rings (SSSR count). The summed E-state index contributed by atoms with van der Waals surface area (Å²) in [5, 5.41) is 17.0. The number of hydrogen-bond donors (Lipinski definition) is 0. The number of hydrogen-bond acceptors (Lipinski definition) is 6. The number of ether oxygens (including phenoxy) is 1. The van der Waals surface area contributed by atoms with Gasteiger partial charge in [-0.2, -0.15) is 5.26 Å². The van der Waals surface area contributed by atoms with E-state index in [1.54, 1.807) is 25.1 Å². The third-order valence-electron chi connectivity index (χ3n) is 2.08. The minimum atomic E-state index is 0.477. The summed E-state index contributed by atoms with van der Waals surface area (Å²) in [7, 11) is 0. The molecule has 0 radical (unpaired) electrons. The van der Waals surface area contributed by atoms with Gasteiger partial charge in [-0.05, 0) is 12.1 Å². The summed E-state index contributed by atoms with van der Waals surface area (Å²) in [5.74, 6) is 1.83. The number of rotatable bonds is 5. The Morgan fingerprint density at radius 1 is 1.39 bits per heavy atom. The van der Waals surface area contributed by atoms with Gasteiger partial charge in [0.1, 0.15) is 11.8 Å². The quantitative estimate of drug-likeness (QED) is 0.608. The van der Waals surface area contributed by atoms with Gasteiger partial charge in [0.05, 0.1) is 12.2 Å². The summed E-state index contributed by atoms with van der Waals surface area (Å²) < 4.78 is 10.7. The summed E-state index contributed by atoms with van der Waals surface area (Å²) in [6.45, 7) is 2.22. The van der Waals surface area contributed by atoms with Crippen LogP contribution in [0.25, 0.3) is 0 Å². The Kier molecular flexibility index (Phi) is 4.20. The van der Waals surface area contributed by atoms with Gasteiger partial charge in [-0.15, -0.1) is 10.2 Å². The molecule has 0 atom stereocenters. The molecule has 5 nitrogen and oxygen atoms in total. The SMILES string of the molecule is Cc1nnc(SCCOc2ccccc2C#N)o1. The lowest BCUT2D eigenvalue weighted by Gasteiger charge is -2.05. The maximum Gasteiger partial charge on any atom is 0.276 e. The lowest BCUT2D eigenvalue weighted by atomic mass is 10.2. The second-order valence-corrected chi connectivity index (χ2v) is 4.44.